The van der Waals surface area contributed by atoms with Crippen LogP contribution < -0.4 is 0 Å². The van der Waals surface area contributed by atoms with Crippen molar-refractivity contribution in [1.82, 2.24) is 0 Å². The van der Waals surface area contributed by atoms with Gasteiger partial charge in [-0.3, -0.25) is 0 Å². The van der Waals surface area contributed by atoms with Gasteiger partial charge in [-0.15, -0.1) is 11.3 Å². The summed E-state index contributed by atoms with van der Waals surface area (Å²) in [6, 6.07) is 7.40. The Morgan fingerprint density at radius 3 is 3.00 bits per heavy atom. The number of aliphatic imine (C=N–C) groups is 1. The summed E-state index contributed by atoms with van der Waals surface area (Å²) in [5, 5.41) is 2.40. The molecule has 0 saturated heterocycles. The molecule has 1 aromatic carbocycles. The van der Waals surface area contributed by atoms with Crippen LogP contribution in [0.3, 0.4) is 0 Å². The monoisotopic (exact) mass is 209 g/mol. The highest BCUT2D eigenvalue weighted by Crippen LogP contribution is 2.32. The van der Waals surface area contributed by atoms with E-state index < -0.39 is 0 Å². The van der Waals surface area contributed by atoms with E-state index in [0.29, 0.717) is 10.0 Å². The lowest BCUT2D eigenvalue weighted by Gasteiger charge is -1.87. The van der Waals surface area contributed by atoms with Crippen molar-refractivity contribution >= 4 is 44.1 Å². The molecular formula is C9H4ClNOS. The maximum atomic E-state index is 10.0. The van der Waals surface area contributed by atoms with E-state index >= 15 is 0 Å². The highest BCUT2D eigenvalue weighted by atomic mass is 35.5. The van der Waals surface area contributed by atoms with Crippen molar-refractivity contribution < 1.29 is 4.79 Å². The van der Waals surface area contributed by atoms with Crippen molar-refractivity contribution in [2.24, 2.45) is 4.99 Å². The van der Waals surface area contributed by atoms with Gasteiger partial charge in [0.05, 0.1) is 0 Å². The first-order valence-corrected chi connectivity index (χ1v) is 4.76. The SMILES string of the molecule is O=C=Nc1cc2ccc(Cl)cc2s1. The van der Waals surface area contributed by atoms with E-state index in [1.807, 2.05) is 24.3 Å². The van der Waals surface area contributed by atoms with E-state index in [-0.39, 0.29) is 0 Å². The molecular weight excluding hydrogens is 206 g/mol. The van der Waals surface area contributed by atoms with Crippen molar-refractivity contribution in [1.29, 1.82) is 0 Å². The Morgan fingerprint density at radius 2 is 2.23 bits per heavy atom. The van der Waals surface area contributed by atoms with Crippen LogP contribution in [0.5, 0.6) is 0 Å². The molecule has 0 atom stereocenters. The number of hydrogen-bond donors (Lipinski definition) is 0. The second-order valence-electron chi connectivity index (χ2n) is 2.47. The minimum atomic E-state index is 0.660. The molecule has 0 spiro atoms. The normalized spacial score (nSPS) is 9.92. The number of fused-ring (bicyclic) bond motifs is 1. The lowest BCUT2D eigenvalue weighted by Crippen LogP contribution is -1.61. The van der Waals surface area contributed by atoms with Gasteiger partial charge in [0.15, 0.2) is 0 Å². The summed E-state index contributed by atoms with van der Waals surface area (Å²) in [6.45, 7) is 0. The molecule has 2 aromatic rings. The van der Waals surface area contributed by atoms with Crippen molar-refractivity contribution in [3.63, 3.8) is 0 Å². The Labute approximate surface area is 83.5 Å². The fourth-order valence-electron chi connectivity index (χ4n) is 1.09. The summed E-state index contributed by atoms with van der Waals surface area (Å²) in [6.07, 6.45) is 1.51. The van der Waals surface area contributed by atoms with E-state index in [2.05, 4.69) is 4.99 Å². The van der Waals surface area contributed by atoms with Crippen LogP contribution in [0, 0.1) is 0 Å². The fourth-order valence-corrected chi connectivity index (χ4v) is 2.25. The molecule has 2 rings (SSSR count). The second kappa shape index (κ2) is 3.30. The first kappa shape index (κ1) is 8.45. The zero-order valence-electron chi connectivity index (χ0n) is 6.45. The van der Waals surface area contributed by atoms with E-state index in [1.54, 1.807) is 0 Å². The van der Waals surface area contributed by atoms with Gasteiger partial charge in [-0.2, -0.15) is 4.99 Å². The number of thiophene rings is 1. The van der Waals surface area contributed by atoms with E-state index in [1.165, 1.54) is 17.4 Å². The van der Waals surface area contributed by atoms with Crippen molar-refractivity contribution in [2.75, 3.05) is 0 Å². The second-order valence-corrected chi connectivity index (χ2v) is 3.97. The van der Waals surface area contributed by atoms with Crippen LogP contribution in [0.1, 0.15) is 0 Å². The number of carbonyl (C=O) groups excluding carboxylic acids is 1. The average molecular weight is 210 g/mol. The van der Waals surface area contributed by atoms with Crippen molar-refractivity contribution in [3.05, 3.63) is 29.3 Å². The molecule has 13 heavy (non-hydrogen) atoms. The summed E-state index contributed by atoms with van der Waals surface area (Å²) in [5.74, 6) is 0. The van der Waals surface area contributed by atoms with E-state index in [4.69, 9.17) is 11.6 Å². The predicted octanol–water partition coefficient (Wildman–Crippen LogP) is 3.52. The molecule has 1 aromatic heterocycles. The topological polar surface area (TPSA) is 29.4 Å². The van der Waals surface area contributed by atoms with Gasteiger partial charge in [0.2, 0.25) is 6.08 Å². The Hall–Kier alpha value is -1.15. The van der Waals surface area contributed by atoms with Crippen LogP contribution in [0.25, 0.3) is 10.1 Å². The van der Waals surface area contributed by atoms with Crippen LogP contribution in [0.2, 0.25) is 5.02 Å². The maximum absolute atomic E-state index is 10.0. The molecule has 0 N–H and O–H groups in total. The highest BCUT2D eigenvalue weighted by Gasteiger charge is 2.00. The molecule has 0 bridgehead atoms. The average Bonchev–Trinajstić information content (AvgIpc) is 2.46. The largest absolute Gasteiger partial charge is 0.241 e. The molecule has 0 saturated carbocycles. The van der Waals surface area contributed by atoms with Gasteiger partial charge in [-0.25, -0.2) is 4.79 Å². The smallest absolute Gasteiger partial charge is 0.211 e. The first-order chi connectivity index (χ1) is 6.29. The zero-order chi connectivity index (χ0) is 9.26. The molecule has 0 aliphatic heterocycles. The Bertz CT molecular complexity index is 499. The summed E-state index contributed by atoms with van der Waals surface area (Å²) < 4.78 is 1.03. The summed E-state index contributed by atoms with van der Waals surface area (Å²) in [4.78, 5) is 13.6. The van der Waals surface area contributed by atoms with Crippen LogP contribution in [0.15, 0.2) is 29.3 Å². The van der Waals surface area contributed by atoms with Gasteiger partial charge in [0.25, 0.3) is 0 Å². The van der Waals surface area contributed by atoms with E-state index in [9.17, 15) is 4.79 Å². The molecule has 0 aliphatic carbocycles. The molecule has 0 fully saturated rings. The number of benzene rings is 1. The third kappa shape index (κ3) is 1.63. The van der Waals surface area contributed by atoms with Crippen molar-refractivity contribution in [3.8, 4) is 0 Å². The van der Waals surface area contributed by atoms with Gasteiger partial charge in [0, 0.05) is 9.72 Å². The molecule has 1 heterocycles. The Balaban J connectivity index is 2.68. The van der Waals surface area contributed by atoms with Crippen LogP contribution in [-0.2, 0) is 4.79 Å². The number of rotatable bonds is 1. The van der Waals surface area contributed by atoms with Crippen LogP contribution in [0.4, 0.5) is 5.00 Å². The molecule has 2 nitrogen and oxygen atoms in total. The Morgan fingerprint density at radius 1 is 1.38 bits per heavy atom. The first-order valence-electron chi connectivity index (χ1n) is 3.56. The van der Waals surface area contributed by atoms with Crippen LogP contribution in [-0.4, -0.2) is 6.08 Å². The van der Waals surface area contributed by atoms with E-state index in [0.717, 1.165) is 10.1 Å². The van der Waals surface area contributed by atoms with Gasteiger partial charge in [0.1, 0.15) is 5.00 Å². The third-order valence-corrected chi connectivity index (χ3v) is 2.85. The molecule has 0 unspecified atom stereocenters. The predicted molar refractivity (Wildman–Crippen MR) is 54.6 cm³/mol. The minimum Gasteiger partial charge on any atom is -0.211 e. The maximum Gasteiger partial charge on any atom is 0.241 e. The standard InChI is InChI=1S/C9H4ClNOS/c10-7-2-1-6-3-9(11-5-12)13-8(6)4-7/h1-4H. The molecule has 0 radical (unpaired) electrons. The van der Waals surface area contributed by atoms with Gasteiger partial charge < -0.3 is 0 Å². The summed E-state index contributed by atoms with van der Waals surface area (Å²) in [5.41, 5.74) is 0. The molecule has 4 heteroatoms. The molecule has 64 valence electrons. The quantitative estimate of drug-likeness (QED) is 0.522. The fraction of sp³-hybridized carbons (Fsp3) is 0. The summed E-state index contributed by atoms with van der Waals surface area (Å²) in [7, 11) is 0. The van der Waals surface area contributed by atoms with Gasteiger partial charge >= 0.3 is 0 Å². The Kier molecular flexibility index (Phi) is 2.15. The van der Waals surface area contributed by atoms with Crippen molar-refractivity contribution in [2.45, 2.75) is 0 Å². The van der Waals surface area contributed by atoms with Crippen LogP contribution >= 0.6 is 22.9 Å². The minimum absolute atomic E-state index is 0.660. The summed E-state index contributed by atoms with van der Waals surface area (Å²) >= 11 is 7.23. The van der Waals surface area contributed by atoms with Gasteiger partial charge in [-0.05, 0) is 23.6 Å². The zero-order valence-corrected chi connectivity index (χ0v) is 8.02. The molecule has 0 amide bonds. The third-order valence-electron chi connectivity index (χ3n) is 1.62. The number of isocyanates is 1. The number of nitrogens with zero attached hydrogens (tertiary/aromatic N) is 1. The lowest BCUT2D eigenvalue weighted by atomic mass is 10.3. The van der Waals surface area contributed by atoms with Gasteiger partial charge in [-0.1, -0.05) is 17.7 Å². The number of hydrogen-bond acceptors (Lipinski definition) is 3. The number of halogens is 1. The highest BCUT2D eigenvalue weighted by molar-refractivity contribution is 7.22. The molecule has 0 aliphatic rings. The lowest BCUT2D eigenvalue weighted by molar-refractivity contribution is 0.565.